The Morgan fingerprint density at radius 3 is 0.948 bits per heavy atom. The molecule has 9 aromatic carbocycles. The fraction of sp³-hybridized carbons (Fsp3) is 0. The van der Waals surface area contributed by atoms with Gasteiger partial charge in [0.2, 0.25) is 0 Å². The highest BCUT2D eigenvalue weighted by molar-refractivity contribution is 6.17. The molecule has 0 bridgehead atoms. The SMILES string of the molecule is c1ccc(-c2ccc3c(c2)oc2cc4c(cc23)oc2ccc(-c3cccc(-c5ccc6oc7cc8c(cc7c6c5)oc5ccc(-c6ccccc6)cc58)c3)cc24)cc1. The molecular formula is C54H30O4. The Hall–Kier alpha value is -7.82. The van der Waals surface area contributed by atoms with Crippen LogP contribution in [0.4, 0.5) is 0 Å². The third kappa shape index (κ3) is 4.76. The zero-order valence-corrected chi connectivity index (χ0v) is 31.0. The Balaban J connectivity index is 0.872. The second-order valence-corrected chi connectivity index (χ2v) is 15.3. The minimum atomic E-state index is 0.846. The average Bonchev–Trinajstić information content (AvgIpc) is 4.04. The predicted octanol–water partition coefficient (Wildman–Crippen LogP) is 16.0. The molecule has 4 heteroatoms. The Labute approximate surface area is 330 Å². The minimum Gasteiger partial charge on any atom is -0.456 e. The number of fused-ring (bicyclic) bond motifs is 12. The number of furan rings is 4. The summed E-state index contributed by atoms with van der Waals surface area (Å²) in [6.45, 7) is 0. The highest BCUT2D eigenvalue weighted by Crippen LogP contribution is 2.42. The summed E-state index contributed by atoms with van der Waals surface area (Å²) in [7, 11) is 0. The zero-order chi connectivity index (χ0) is 37.9. The molecule has 0 radical (unpaired) electrons. The first-order chi connectivity index (χ1) is 28.7. The summed E-state index contributed by atoms with van der Waals surface area (Å²) >= 11 is 0. The molecule has 4 nitrogen and oxygen atoms in total. The Morgan fingerprint density at radius 1 is 0.172 bits per heavy atom. The normalized spacial score (nSPS) is 12.1. The molecule has 4 heterocycles. The van der Waals surface area contributed by atoms with Gasteiger partial charge in [-0.3, -0.25) is 0 Å². The Morgan fingerprint density at radius 2 is 0.483 bits per heavy atom. The highest BCUT2D eigenvalue weighted by Gasteiger charge is 2.17. The Kier molecular flexibility index (Phi) is 6.41. The summed E-state index contributed by atoms with van der Waals surface area (Å²) in [5, 5.41) is 8.46. The van der Waals surface area contributed by atoms with Gasteiger partial charge in [-0.1, -0.05) is 103 Å². The van der Waals surface area contributed by atoms with Gasteiger partial charge in [0.05, 0.1) is 0 Å². The first-order valence-electron chi connectivity index (χ1n) is 19.5. The highest BCUT2D eigenvalue weighted by atomic mass is 16.3. The van der Waals surface area contributed by atoms with E-state index in [-0.39, 0.29) is 0 Å². The molecule has 0 aliphatic rings. The summed E-state index contributed by atoms with van der Waals surface area (Å²) in [4.78, 5) is 0. The van der Waals surface area contributed by atoms with Crippen molar-refractivity contribution in [1.29, 1.82) is 0 Å². The lowest BCUT2D eigenvalue weighted by molar-refractivity contribution is 0.664. The number of benzene rings is 9. The van der Waals surface area contributed by atoms with Crippen molar-refractivity contribution in [3.8, 4) is 44.5 Å². The van der Waals surface area contributed by atoms with Crippen LogP contribution in [0, 0.1) is 0 Å². The molecule has 0 spiro atoms. The smallest absolute Gasteiger partial charge is 0.136 e. The van der Waals surface area contributed by atoms with E-state index < -0.39 is 0 Å². The van der Waals surface area contributed by atoms with Crippen LogP contribution in [0.3, 0.4) is 0 Å². The van der Waals surface area contributed by atoms with Crippen LogP contribution in [-0.2, 0) is 0 Å². The van der Waals surface area contributed by atoms with Crippen LogP contribution in [-0.4, -0.2) is 0 Å². The molecule has 58 heavy (non-hydrogen) atoms. The van der Waals surface area contributed by atoms with Gasteiger partial charge in [0.1, 0.15) is 44.7 Å². The van der Waals surface area contributed by atoms with E-state index in [4.69, 9.17) is 17.7 Å². The molecule has 0 atom stereocenters. The number of rotatable bonds is 4. The fourth-order valence-corrected chi connectivity index (χ4v) is 8.95. The van der Waals surface area contributed by atoms with E-state index in [2.05, 4.69) is 170 Å². The number of hydrogen-bond donors (Lipinski definition) is 0. The quantitative estimate of drug-likeness (QED) is 0.180. The van der Waals surface area contributed by atoms with Crippen molar-refractivity contribution in [2.75, 3.05) is 0 Å². The van der Waals surface area contributed by atoms with E-state index in [1.807, 2.05) is 12.1 Å². The van der Waals surface area contributed by atoms with Gasteiger partial charge in [-0.05, 0) is 123 Å². The van der Waals surface area contributed by atoms with Gasteiger partial charge in [0, 0.05) is 43.1 Å². The molecule has 0 aliphatic carbocycles. The van der Waals surface area contributed by atoms with Crippen LogP contribution in [0.25, 0.3) is 132 Å². The van der Waals surface area contributed by atoms with Crippen molar-refractivity contribution < 1.29 is 17.7 Å². The van der Waals surface area contributed by atoms with Crippen molar-refractivity contribution in [1.82, 2.24) is 0 Å². The van der Waals surface area contributed by atoms with Crippen molar-refractivity contribution in [2.45, 2.75) is 0 Å². The third-order valence-electron chi connectivity index (χ3n) is 11.9. The van der Waals surface area contributed by atoms with Crippen LogP contribution in [0.5, 0.6) is 0 Å². The summed E-state index contributed by atoms with van der Waals surface area (Å²) in [5.74, 6) is 0. The van der Waals surface area contributed by atoms with Crippen LogP contribution in [0.15, 0.2) is 200 Å². The van der Waals surface area contributed by atoms with E-state index in [1.165, 1.54) is 11.1 Å². The van der Waals surface area contributed by atoms with E-state index in [0.29, 0.717) is 0 Å². The zero-order valence-electron chi connectivity index (χ0n) is 31.0. The van der Waals surface area contributed by atoms with Crippen LogP contribution in [0.1, 0.15) is 0 Å². The van der Waals surface area contributed by atoms with Crippen molar-refractivity contribution in [3.05, 3.63) is 182 Å². The average molecular weight is 743 g/mol. The summed E-state index contributed by atoms with van der Waals surface area (Å²) < 4.78 is 25.8. The van der Waals surface area contributed by atoms with Crippen molar-refractivity contribution in [3.63, 3.8) is 0 Å². The molecule has 270 valence electrons. The molecule has 0 fully saturated rings. The maximum Gasteiger partial charge on any atom is 0.136 e. The molecule has 4 aromatic heterocycles. The lowest BCUT2D eigenvalue weighted by atomic mass is 9.97. The molecule has 13 rings (SSSR count). The lowest BCUT2D eigenvalue weighted by Crippen LogP contribution is -1.82. The monoisotopic (exact) mass is 742 g/mol. The standard InChI is InChI=1S/C54H30O4/c1-3-8-31(9-4-1)35-15-19-47-40(23-35)45-29-54-46(30-53(45)56-47)42-25-37(17-21-49(42)57-54)34-13-7-12-33(22-34)36-16-20-48-41(24-36)44-28-51-43(27-52(44)55-48)39-18-14-38(26-50(39)58-51)32-10-5-2-6-11-32/h1-30H. The Bertz CT molecular complexity index is 3740. The van der Waals surface area contributed by atoms with Gasteiger partial charge in [-0.2, -0.15) is 0 Å². The van der Waals surface area contributed by atoms with Gasteiger partial charge in [-0.15, -0.1) is 0 Å². The van der Waals surface area contributed by atoms with Gasteiger partial charge < -0.3 is 17.7 Å². The fourth-order valence-electron chi connectivity index (χ4n) is 8.95. The first kappa shape index (κ1) is 31.4. The molecule has 0 saturated heterocycles. The first-order valence-corrected chi connectivity index (χ1v) is 19.5. The lowest BCUT2D eigenvalue weighted by Gasteiger charge is -2.07. The van der Waals surface area contributed by atoms with E-state index in [1.54, 1.807) is 0 Å². The molecule has 0 amide bonds. The second kappa shape index (κ2) is 11.8. The van der Waals surface area contributed by atoms with E-state index in [0.717, 1.165) is 121 Å². The van der Waals surface area contributed by atoms with Crippen molar-refractivity contribution >= 4 is 87.8 Å². The second-order valence-electron chi connectivity index (χ2n) is 15.3. The number of hydrogen-bond acceptors (Lipinski definition) is 4. The maximum atomic E-state index is 6.47. The van der Waals surface area contributed by atoms with Gasteiger partial charge in [0.15, 0.2) is 0 Å². The van der Waals surface area contributed by atoms with Gasteiger partial charge in [-0.25, -0.2) is 0 Å². The predicted molar refractivity (Wildman–Crippen MR) is 237 cm³/mol. The third-order valence-corrected chi connectivity index (χ3v) is 11.9. The topological polar surface area (TPSA) is 52.6 Å². The van der Waals surface area contributed by atoms with Crippen LogP contribution < -0.4 is 0 Å². The molecular weight excluding hydrogens is 713 g/mol. The molecule has 0 unspecified atom stereocenters. The summed E-state index contributed by atoms with van der Waals surface area (Å²) in [6.07, 6.45) is 0. The molecule has 13 aromatic rings. The van der Waals surface area contributed by atoms with E-state index in [9.17, 15) is 0 Å². The summed E-state index contributed by atoms with van der Waals surface area (Å²) in [5.41, 5.74) is 16.0. The minimum absolute atomic E-state index is 0.846. The molecule has 0 N–H and O–H groups in total. The molecule has 0 aliphatic heterocycles. The van der Waals surface area contributed by atoms with E-state index >= 15 is 0 Å². The largest absolute Gasteiger partial charge is 0.456 e. The van der Waals surface area contributed by atoms with Crippen LogP contribution >= 0.6 is 0 Å². The molecule has 0 saturated carbocycles. The van der Waals surface area contributed by atoms with Gasteiger partial charge >= 0.3 is 0 Å². The van der Waals surface area contributed by atoms with Gasteiger partial charge in [0.25, 0.3) is 0 Å². The van der Waals surface area contributed by atoms with Crippen LogP contribution in [0.2, 0.25) is 0 Å². The van der Waals surface area contributed by atoms with Crippen molar-refractivity contribution in [2.24, 2.45) is 0 Å². The maximum absolute atomic E-state index is 6.47. The summed E-state index contributed by atoms with van der Waals surface area (Å²) in [6, 6.07) is 63.8.